The minimum absolute atomic E-state index is 0.0530. The van der Waals surface area contributed by atoms with E-state index >= 15 is 0 Å². The average Bonchev–Trinajstić information content (AvgIpc) is 3.44. The fourth-order valence-corrected chi connectivity index (χ4v) is 4.89. The highest BCUT2D eigenvalue weighted by Gasteiger charge is 2.50. The van der Waals surface area contributed by atoms with Crippen molar-refractivity contribution in [3.05, 3.63) is 54.0 Å². The minimum atomic E-state index is -0.359. The second kappa shape index (κ2) is 8.09. The molecule has 0 bridgehead atoms. The number of piperidine rings is 1. The molecule has 3 aromatic rings. The van der Waals surface area contributed by atoms with Crippen molar-refractivity contribution in [2.75, 3.05) is 26.7 Å². The Morgan fingerprint density at radius 2 is 2.16 bits per heavy atom. The van der Waals surface area contributed by atoms with Crippen molar-refractivity contribution >= 4 is 17.0 Å². The summed E-state index contributed by atoms with van der Waals surface area (Å²) in [7, 11) is 1.98. The van der Waals surface area contributed by atoms with Gasteiger partial charge in [-0.3, -0.25) is 14.6 Å². The first-order chi connectivity index (χ1) is 15.0. The summed E-state index contributed by atoms with van der Waals surface area (Å²) in [4.78, 5) is 24.9. The normalized spacial score (nSPS) is 21.4. The topological polar surface area (TPSA) is 74.6 Å². The van der Waals surface area contributed by atoms with Crippen LogP contribution in [0.15, 0.2) is 41.0 Å². The predicted octanol–water partition coefficient (Wildman–Crippen LogP) is 3.32. The van der Waals surface area contributed by atoms with Crippen LogP contribution in [0, 0.1) is 11.2 Å². The Bertz CT molecular complexity index is 1060. The highest BCUT2D eigenvalue weighted by Crippen LogP contribution is 2.43. The monoisotopic (exact) mass is 426 g/mol. The van der Waals surface area contributed by atoms with Crippen LogP contribution in [0.2, 0.25) is 0 Å². The molecule has 1 atom stereocenters. The third kappa shape index (κ3) is 4.22. The van der Waals surface area contributed by atoms with E-state index < -0.39 is 0 Å². The second-order valence-corrected chi connectivity index (χ2v) is 8.91. The van der Waals surface area contributed by atoms with Crippen molar-refractivity contribution in [1.29, 1.82) is 0 Å². The zero-order chi connectivity index (χ0) is 21.4. The van der Waals surface area contributed by atoms with Crippen molar-refractivity contribution in [1.82, 2.24) is 19.8 Å². The zero-order valence-corrected chi connectivity index (χ0v) is 17.6. The number of hydrogen-bond acceptors (Lipinski definition) is 6. The van der Waals surface area contributed by atoms with Crippen LogP contribution in [0.1, 0.15) is 30.8 Å². The molecule has 2 aromatic heterocycles. The van der Waals surface area contributed by atoms with Gasteiger partial charge in [0.25, 0.3) is 0 Å². The van der Waals surface area contributed by atoms with Gasteiger partial charge in [0.15, 0.2) is 0 Å². The van der Waals surface area contributed by atoms with Crippen molar-refractivity contribution in [2.45, 2.75) is 38.5 Å². The van der Waals surface area contributed by atoms with E-state index in [2.05, 4.69) is 19.8 Å². The third-order valence-electron chi connectivity index (χ3n) is 6.53. The predicted molar refractivity (Wildman–Crippen MR) is 113 cm³/mol. The van der Waals surface area contributed by atoms with Crippen LogP contribution < -0.4 is 0 Å². The fraction of sp³-hybridized carbons (Fsp3) is 0.478. The molecule has 0 radical (unpaired) electrons. The van der Waals surface area contributed by atoms with Gasteiger partial charge in [0.2, 0.25) is 0 Å². The number of aromatic nitrogens is 2. The number of benzene rings is 1. The fourth-order valence-electron chi connectivity index (χ4n) is 4.89. The summed E-state index contributed by atoms with van der Waals surface area (Å²) < 4.78 is 24.6. The van der Waals surface area contributed by atoms with E-state index in [1.807, 2.05) is 19.2 Å². The first kappa shape index (κ1) is 20.2. The van der Waals surface area contributed by atoms with E-state index in [1.54, 1.807) is 12.3 Å². The SMILES string of the molecule is CN(Cc1nc2ccc(F)cc2[nH]1)CC1CC2(CCN(Cc3ccco3)CC2)C(=O)O1. The summed E-state index contributed by atoms with van der Waals surface area (Å²) in [6, 6.07) is 8.42. The van der Waals surface area contributed by atoms with E-state index in [4.69, 9.17) is 9.15 Å². The van der Waals surface area contributed by atoms with Gasteiger partial charge in [-0.2, -0.15) is 0 Å². The summed E-state index contributed by atoms with van der Waals surface area (Å²) in [5.74, 6) is 1.39. The molecule has 7 nitrogen and oxygen atoms in total. The molecule has 4 heterocycles. The number of rotatable bonds is 6. The summed E-state index contributed by atoms with van der Waals surface area (Å²) >= 11 is 0. The lowest BCUT2D eigenvalue weighted by Crippen LogP contribution is -2.42. The standard InChI is InChI=1S/C23H27FN4O3/c1-27(15-21-25-19-5-4-16(24)11-20(19)26-21)13-18-12-23(22(29)31-18)6-8-28(9-7-23)14-17-3-2-10-30-17/h2-5,10-11,18H,6-9,12-15H2,1H3,(H,25,26). The van der Waals surface area contributed by atoms with Gasteiger partial charge in [-0.1, -0.05) is 0 Å². The molecule has 0 amide bonds. The van der Waals surface area contributed by atoms with Crippen molar-refractivity contribution < 1.29 is 18.3 Å². The molecule has 1 N–H and O–H groups in total. The number of nitrogens with one attached hydrogen (secondary N) is 1. The average molecular weight is 426 g/mol. The van der Waals surface area contributed by atoms with Gasteiger partial charge in [0.05, 0.1) is 35.8 Å². The number of aromatic amines is 1. The number of imidazole rings is 1. The van der Waals surface area contributed by atoms with E-state index in [0.29, 0.717) is 18.6 Å². The van der Waals surface area contributed by atoms with E-state index in [9.17, 15) is 9.18 Å². The van der Waals surface area contributed by atoms with Gasteiger partial charge in [-0.05, 0) is 63.3 Å². The number of fused-ring (bicyclic) bond motifs is 1. The Balaban J connectivity index is 1.15. The van der Waals surface area contributed by atoms with Gasteiger partial charge in [0, 0.05) is 13.0 Å². The number of cyclic esters (lactones) is 1. The molecule has 1 aromatic carbocycles. The quantitative estimate of drug-likeness (QED) is 0.610. The van der Waals surface area contributed by atoms with Crippen LogP contribution in [0.5, 0.6) is 0 Å². The number of carbonyl (C=O) groups excluding carboxylic acids is 1. The largest absolute Gasteiger partial charge is 0.468 e. The van der Waals surface area contributed by atoms with Crippen molar-refractivity contribution in [2.24, 2.45) is 5.41 Å². The van der Waals surface area contributed by atoms with Crippen LogP contribution in [0.25, 0.3) is 11.0 Å². The lowest BCUT2D eigenvalue weighted by atomic mass is 9.76. The Kier molecular flexibility index (Phi) is 5.27. The van der Waals surface area contributed by atoms with Crippen molar-refractivity contribution in [3.8, 4) is 0 Å². The lowest BCUT2D eigenvalue weighted by Gasteiger charge is -2.36. The van der Waals surface area contributed by atoms with Gasteiger partial charge in [-0.25, -0.2) is 9.37 Å². The third-order valence-corrected chi connectivity index (χ3v) is 6.53. The molecule has 31 heavy (non-hydrogen) atoms. The van der Waals surface area contributed by atoms with E-state index in [-0.39, 0.29) is 23.3 Å². The van der Waals surface area contributed by atoms with Gasteiger partial charge < -0.3 is 14.1 Å². The van der Waals surface area contributed by atoms with Crippen LogP contribution in [-0.2, 0) is 22.6 Å². The van der Waals surface area contributed by atoms with Crippen LogP contribution in [0.3, 0.4) is 0 Å². The van der Waals surface area contributed by atoms with Crippen LogP contribution in [0.4, 0.5) is 4.39 Å². The maximum Gasteiger partial charge on any atom is 0.312 e. The molecule has 8 heteroatoms. The molecule has 0 aliphatic carbocycles. The molecule has 164 valence electrons. The summed E-state index contributed by atoms with van der Waals surface area (Å²) in [6.07, 6.45) is 3.98. The molecule has 5 rings (SSSR count). The number of furan rings is 1. The van der Waals surface area contributed by atoms with Crippen LogP contribution >= 0.6 is 0 Å². The maximum atomic E-state index is 13.4. The number of nitrogens with zero attached hydrogens (tertiary/aromatic N) is 3. The highest BCUT2D eigenvalue weighted by atomic mass is 19.1. The molecular formula is C23H27FN4O3. The molecular weight excluding hydrogens is 399 g/mol. The molecule has 1 unspecified atom stereocenters. The first-order valence-electron chi connectivity index (χ1n) is 10.8. The second-order valence-electron chi connectivity index (χ2n) is 8.91. The van der Waals surface area contributed by atoms with E-state index in [1.165, 1.54) is 12.1 Å². The smallest absolute Gasteiger partial charge is 0.312 e. The number of ether oxygens (including phenoxy) is 1. The van der Waals surface area contributed by atoms with Crippen molar-refractivity contribution in [3.63, 3.8) is 0 Å². The van der Waals surface area contributed by atoms with E-state index in [0.717, 1.165) is 56.0 Å². The molecule has 2 aliphatic rings. The minimum Gasteiger partial charge on any atom is -0.468 e. The molecule has 1 spiro atoms. The number of esters is 1. The summed E-state index contributed by atoms with van der Waals surface area (Å²) in [6.45, 7) is 3.75. The summed E-state index contributed by atoms with van der Waals surface area (Å²) in [5.41, 5.74) is 1.08. The number of H-pyrrole nitrogens is 1. The number of likely N-dealkylation sites (tertiary alicyclic amines) is 1. The number of halogens is 1. The van der Waals surface area contributed by atoms with Crippen LogP contribution in [-0.4, -0.2) is 58.5 Å². The molecule has 0 saturated carbocycles. The first-order valence-corrected chi connectivity index (χ1v) is 10.8. The Morgan fingerprint density at radius 1 is 1.32 bits per heavy atom. The summed E-state index contributed by atoms with van der Waals surface area (Å²) in [5, 5.41) is 0. The Hall–Kier alpha value is -2.71. The Morgan fingerprint density at radius 3 is 2.94 bits per heavy atom. The number of carbonyl (C=O) groups is 1. The number of likely N-dealkylation sites (N-methyl/N-ethyl adjacent to an activating group) is 1. The van der Waals surface area contributed by atoms with Gasteiger partial charge in [0.1, 0.15) is 23.5 Å². The Labute approximate surface area is 180 Å². The lowest BCUT2D eigenvalue weighted by molar-refractivity contribution is -0.151. The zero-order valence-electron chi connectivity index (χ0n) is 17.6. The molecule has 2 saturated heterocycles. The van der Waals surface area contributed by atoms with Gasteiger partial charge in [-0.15, -0.1) is 0 Å². The molecule has 2 fully saturated rings. The number of hydrogen-bond donors (Lipinski definition) is 1. The van der Waals surface area contributed by atoms with Gasteiger partial charge >= 0.3 is 5.97 Å². The maximum absolute atomic E-state index is 13.4. The molecule has 2 aliphatic heterocycles. The highest BCUT2D eigenvalue weighted by molar-refractivity contribution is 5.79.